The summed E-state index contributed by atoms with van der Waals surface area (Å²) in [5.41, 5.74) is 0. The quantitative estimate of drug-likeness (QED) is 0.282. The van der Waals surface area contributed by atoms with Crippen LogP contribution in [-0.2, 0) is 47.1 Å². The third-order valence-corrected chi connectivity index (χ3v) is 0. The van der Waals surface area contributed by atoms with Crippen molar-refractivity contribution < 1.29 is 62.1 Å². The van der Waals surface area contributed by atoms with E-state index < -0.39 is 33.5 Å². The minimum absolute atomic E-state index is 0. The molecule has 0 saturated heterocycles. The van der Waals surface area contributed by atoms with Gasteiger partial charge in [-0.05, 0) is 0 Å². The SMILES string of the molecule is [O]=[Mo](=[O])([O-])[O-].[O]=[Mo](=[O])([O-])[O-].[Pb+4]. The Hall–Kier alpha value is 1.34. The first kappa shape index (κ1) is 18.2. The van der Waals surface area contributed by atoms with E-state index in [4.69, 9.17) is 28.6 Å². The van der Waals surface area contributed by atoms with Crippen molar-refractivity contribution in [2.75, 3.05) is 0 Å². The molecule has 0 radical (unpaired) electrons. The molecule has 0 aromatic heterocycles. The van der Waals surface area contributed by atoms with E-state index in [1.807, 2.05) is 0 Å². The molecule has 0 rings (SSSR count). The van der Waals surface area contributed by atoms with Crippen molar-refractivity contribution in [3.8, 4) is 0 Å². The summed E-state index contributed by atoms with van der Waals surface area (Å²) in [6.45, 7) is 0. The maximum Gasteiger partial charge on any atom is 4.00 e. The van der Waals surface area contributed by atoms with E-state index in [2.05, 4.69) is 0 Å². The Balaban J connectivity index is -0.000000107. The summed E-state index contributed by atoms with van der Waals surface area (Å²) in [5, 5.41) is 0. The average Bonchev–Trinajstić information content (AvgIpc) is 1.12. The van der Waals surface area contributed by atoms with Gasteiger partial charge >= 0.3 is 89.4 Å². The molecule has 64 valence electrons. The molecule has 0 aliphatic heterocycles. The molecular formula is Mo2O8Pb. The minimum Gasteiger partial charge on any atom is 4.00 e. The first-order valence-corrected chi connectivity index (χ1v) is 7.89. The van der Waals surface area contributed by atoms with E-state index in [1.165, 1.54) is 0 Å². The van der Waals surface area contributed by atoms with Crippen molar-refractivity contribution in [3.63, 3.8) is 0 Å². The summed E-state index contributed by atoms with van der Waals surface area (Å²) in [4.78, 5) is 0. The van der Waals surface area contributed by atoms with Crippen LogP contribution in [0.4, 0.5) is 0 Å². The molecule has 0 aromatic rings. The molecule has 8 nitrogen and oxygen atoms in total. The fourth-order valence-corrected chi connectivity index (χ4v) is 0. The predicted octanol–water partition coefficient (Wildman–Crippen LogP) is -5.62. The van der Waals surface area contributed by atoms with Crippen molar-refractivity contribution in [3.05, 3.63) is 0 Å². The van der Waals surface area contributed by atoms with Gasteiger partial charge in [0.05, 0.1) is 0 Å². The Kier molecular flexibility index (Phi) is 11.3. The third kappa shape index (κ3) is 552. The largest absolute Gasteiger partial charge is 4.00 e. The van der Waals surface area contributed by atoms with Gasteiger partial charge in [-0.15, -0.1) is 0 Å². The zero-order valence-corrected chi connectivity index (χ0v) is 12.5. The van der Waals surface area contributed by atoms with Crippen LogP contribution >= 0.6 is 0 Å². The van der Waals surface area contributed by atoms with Gasteiger partial charge in [0.25, 0.3) is 0 Å². The molecule has 0 atom stereocenters. The summed E-state index contributed by atoms with van der Waals surface area (Å²) in [7, 11) is 0. The topological polar surface area (TPSA) is 161 Å². The second kappa shape index (κ2) is 6.81. The number of hydrogen-bond donors (Lipinski definition) is 0. The van der Waals surface area contributed by atoms with Crippen LogP contribution in [0.3, 0.4) is 0 Å². The van der Waals surface area contributed by atoms with Crippen LogP contribution in [0.1, 0.15) is 0 Å². The van der Waals surface area contributed by atoms with Gasteiger partial charge < -0.3 is 0 Å². The molecule has 0 fully saturated rings. The monoisotopic (exact) mass is 532 g/mol. The Labute approximate surface area is 88.5 Å². The van der Waals surface area contributed by atoms with E-state index in [0.29, 0.717) is 0 Å². The van der Waals surface area contributed by atoms with Crippen LogP contribution in [0.2, 0.25) is 0 Å². The van der Waals surface area contributed by atoms with Crippen LogP contribution in [-0.4, -0.2) is 27.3 Å². The predicted molar refractivity (Wildman–Crippen MR) is 8.50 cm³/mol. The second-order valence-electron chi connectivity index (χ2n) is 0.816. The van der Waals surface area contributed by atoms with E-state index >= 15 is 0 Å². The smallest absolute Gasteiger partial charge is 4.00 e. The molecule has 0 saturated carbocycles. The van der Waals surface area contributed by atoms with Gasteiger partial charge in [-0.25, -0.2) is 0 Å². The molecule has 0 spiro atoms. The Morgan fingerprint density at radius 3 is 0.636 bits per heavy atom. The van der Waals surface area contributed by atoms with Crippen LogP contribution in [0, 0.1) is 0 Å². The number of rotatable bonds is 0. The van der Waals surface area contributed by atoms with Gasteiger partial charge in [-0.3, -0.25) is 0 Å². The molecule has 0 heterocycles. The zero-order chi connectivity index (χ0) is 9.00. The van der Waals surface area contributed by atoms with Gasteiger partial charge in [0.1, 0.15) is 0 Å². The van der Waals surface area contributed by atoms with E-state index in [1.54, 1.807) is 0 Å². The van der Waals surface area contributed by atoms with Gasteiger partial charge in [0, 0.05) is 0 Å². The van der Waals surface area contributed by atoms with Crippen molar-refractivity contribution in [2.45, 2.75) is 0 Å². The standard InChI is InChI=1S/2Mo.8O.Pb/q;;;;;;4*-1;+4. The van der Waals surface area contributed by atoms with Gasteiger partial charge in [0.2, 0.25) is 0 Å². The Bertz CT molecular complexity index is 208. The van der Waals surface area contributed by atoms with Gasteiger partial charge in [0.15, 0.2) is 0 Å². The first-order valence-electron chi connectivity index (χ1n) is 1.33. The maximum absolute atomic E-state index is 8.63. The molecular weight excluding hydrogens is 527 g/mol. The fraction of sp³-hybridized carbons (Fsp3) is 0. The average molecular weight is 527 g/mol. The van der Waals surface area contributed by atoms with E-state index in [9.17, 15) is 0 Å². The summed E-state index contributed by atoms with van der Waals surface area (Å²) in [6.07, 6.45) is 0. The maximum atomic E-state index is 8.63. The van der Waals surface area contributed by atoms with E-state index in [0.717, 1.165) is 0 Å². The molecule has 0 amide bonds. The summed E-state index contributed by atoms with van der Waals surface area (Å²) in [5.74, 6) is 0. The molecule has 0 bridgehead atoms. The Morgan fingerprint density at radius 1 is 0.636 bits per heavy atom. The molecule has 0 aromatic carbocycles. The molecule has 11 heavy (non-hydrogen) atoms. The summed E-state index contributed by atoms with van der Waals surface area (Å²) >= 11 is -12.0. The molecule has 0 N–H and O–H groups in total. The van der Waals surface area contributed by atoms with Gasteiger partial charge in [-0.1, -0.05) is 0 Å². The molecule has 11 heteroatoms. The van der Waals surface area contributed by atoms with Gasteiger partial charge in [-0.2, -0.15) is 0 Å². The van der Waals surface area contributed by atoms with Crippen molar-refractivity contribution in [2.24, 2.45) is 0 Å². The Morgan fingerprint density at radius 2 is 0.636 bits per heavy atom. The third-order valence-electron chi connectivity index (χ3n) is 0. The van der Waals surface area contributed by atoms with Crippen molar-refractivity contribution in [1.29, 1.82) is 0 Å². The normalized spacial score (nSPS) is 10.5. The van der Waals surface area contributed by atoms with Crippen LogP contribution in [0.15, 0.2) is 0 Å². The minimum atomic E-state index is -6.02. The molecule has 0 aliphatic rings. The van der Waals surface area contributed by atoms with Crippen LogP contribution in [0.25, 0.3) is 0 Å². The first-order chi connectivity index (χ1) is 4.00. The van der Waals surface area contributed by atoms with Crippen molar-refractivity contribution in [1.82, 2.24) is 0 Å². The van der Waals surface area contributed by atoms with Crippen LogP contribution < -0.4 is 15.0 Å². The zero-order valence-electron chi connectivity index (χ0n) is 4.58. The molecule has 0 aliphatic carbocycles. The summed E-state index contributed by atoms with van der Waals surface area (Å²) in [6, 6.07) is 0. The van der Waals surface area contributed by atoms with E-state index in [-0.39, 0.29) is 27.3 Å². The number of hydrogen-bond acceptors (Lipinski definition) is 8. The second-order valence-corrected chi connectivity index (χ2v) is 4.83. The summed E-state index contributed by atoms with van der Waals surface area (Å²) < 4.78 is 69.0. The fourth-order valence-electron chi connectivity index (χ4n) is 0. The van der Waals surface area contributed by atoms with Crippen molar-refractivity contribution >= 4 is 27.3 Å². The van der Waals surface area contributed by atoms with Crippen LogP contribution in [0.5, 0.6) is 0 Å². The molecule has 0 unspecified atom stereocenters.